The molecular formula is C25H30ClN3O3. The van der Waals surface area contributed by atoms with Gasteiger partial charge in [-0.15, -0.1) is 12.4 Å². The maximum Gasteiger partial charge on any atom is 0.217 e. The second-order valence-electron chi connectivity index (χ2n) is 8.45. The lowest BCUT2D eigenvalue weighted by molar-refractivity contribution is -0.122. The van der Waals surface area contributed by atoms with E-state index >= 15 is 0 Å². The van der Waals surface area contributed by atoms with E-state index in [-0.39, 0.29) is 35.9 Å². The van der Waals surface area contributed by atoms with E-state index in [1.54, 1.807) is 14.0 Å². The van der Waals surface area contributed by atoms with Gasteiger partial charge in [-0.1, -0.05) is 12.1 Å². The molecule has 2 N–H and O–H groups in total. The summed E-state index contributed by atoms with van der Waals surface area (Å²) in [6.45, 7) is 3.36. The molecule has 1 saturated heterocycles. The molecule has 0 aromatic heterocycles. The molecule has 2 unspecified atom stereocenters. The van der Waals surface area contributed by atoms with Crippen LogP contribution in [-0.4, -0.2) is 31.7 Å². The Morgan fingerprint density at radius 2 is 1.97 bits per heavy atom. The predicted molar refractivity (Wildman–Crippen MR) is 125 cm³/mol. The Hall–Kier alpha value is -2.75. The molecule has 2 heterocycles. The molecule has 0 bridgehead atoms. The van der Waals surface area contributed by atoms with Gasteiger partial charge in [0.25, 0.3) is 0 Å². The Balaban J connectivity index is 0.00000289. The van der Waals surface area contributed by atoms with Gasteiger partial charge < -0.3 is 20.1 Å². The normalized spacial score (nSPS) is 20.8. The number of rotatable bonds is 5. The van der Waals surface area contributed by atoms with Gasteiger partial charge in [-0.3, -0.25) is 4.79 Å². The van der Waals surface area contributed by atoms with Crippen LogP contribution < -0.4 is 20.1 Å². The Bertz CT molecular complexity index is 981. The van der Waals surface area contributed by atoms with E-state index in [4.69, 9.17) is 14.7 Å². The van der Waals surface area contributed by atoms with Crippen molar-refractivity contribution in [1.82, 2.24) is 10.6 Å². The van der Waals surface area contributed by atoms with E-state index in [0.717, 1.165) is 55.8 Å². The van der Waals surface area contributed by atoms with E-state index in [1.165, 1.54) is 5.56 Å². The molecule has 0 radical (unpaired) electrons. The van der Waals surface area contributed by atoms with Crippen LogP contribution in [0.3, 0.4) is 0 Å². The highest BCUT2D eigenvalue weighted by Crippen LogP contribution is 2.50. The fraction of sp³-hybridized carbons (Fsp3) is 0.440. The minimum atomic E-state index is -0.327. The molecule has 1 fully saturated rings. The molecule has 170 valence electrons. The number of amides is 1. The summed E-state index contributed by atoms with van der Waals surface area (Å²) in [7, 11) is 1.65. The molecule has 32 heavy (non-hydrogen) atoms. The molecule has 7 heteroatoms. The monoisotopic (exact) mass is 455 g/mol. The van der Waals surface area contributed by atoms with Crippen LogP contribution in [0.4, 0.5) is 0 Å². The van der Waals surface area contributed by atoms with E-state index in [9.17, 15) is 4.79 Å². The Morgan fingerprint density at radius 3 is 2.59 bits per heavy atom. The Morgan fingerprint density at radius 1 is 1.25 bits per heavy atom. The van der Waals surface area contributed by atoms with Gasteiger partial charge in [0.05, 0.1) is 24.8 Å². The maximum atomic E-state index is 12.2. The highest BCUT2D eigenvalue weighted by Gasteiger charge is 2.50. The molecule has 2 aromatic rings. The van der Waals surface area contributed by atoms with Crippen molar-refractivity contribution in [2.75, 3.05) is 20.2 Å². The lowest BCUT2D eigenvalue weighted by Crippen LogP contribution is -2.57. The van der Waals surface area contributed by atoms with Gasteiger partial charge in [-0.2, -0.15) is 5.26 Å². The average molecular weight is 456 g/mol. The summed E-state index contributed by atoms with van der Waals surface area (Å²) in [5.74, 6) is 1.66. The predicted octanol–water partition coefficient (Wildman–Crippen LogP) is 3.93. The van der Waals surface area contributed by atoms with Crippen LogP contribution in [-0.2, 0) is 11.2 Å². The number of aryl methyl sites for hydroxylation is 1. The molecule has 0 aliphatic carbocycles. The summed E-state index contributed by atoms with van der Waals surface area (Å²) in [4.78, 5) is 12.2. The number of hydrogen-bond acceptors (Lipinski definition) is 5. The molecule has 4 rings (SSSR count). The zero-order valence-corrected chi connectivity index (χ0v) is 19.3. The second-order valence-corrected chi connectivity index (χ2v) is 8.45. The van der Waals surface area contributed by atoms with Crippen molar-refractivity contribution in [1.29, 1.82) is 5.26 Å². The van der Waals surface area contributed by atoms with Crippen LogP contribution in [0.2, 0.25) is 0 Å². The number of halogens is 1. The van der Waals surface area contributed by atoms with E-state index in [0.29, 0.717) is 5.56 Å². The summed E-state index contributed by atoms with van der Waals surface area (Å²) in [6.07, 6.45) is 3.51. The van der Waals surface area contributed by atoms with Crippen molar-refractivity contribution in [3.8, 4) is 17.6 Å². The number of nitrogens with one attached hydrogen (secondary N) is 2. The molecule has 6 nitrogen and oxygen atoms in total. The van der Waals surface area contributed by atoms with Crippen molar-refractivity contribution >= 4 is 18.3 Å². The number of benzene rings is 2. The van der Waals surface area contributed by atoms with Gasteiger partial charge in [0, 0.05) is 18.4 Å². The fourth-order valence-electron chi connectivity index (χ4n) is 5.02. The first-order chi connectivity index (χ1) is 15.0. The SMILES string of the molecule is COc1ccc2c(c1)C(NC(C)=O)C(CCc1ccc(C#N)cc1)C1(CCNCC1)O2.Cl. The van der Waals surface area contributed by atoms with Crippen molar-refractivity contribution in [2.45, 2.75) is 44.2 Å². The van der Waals surface area contributed by atoms with Gasteiger partial charge >= 0.3 is 0 Å². The van der Waals surface area contributed by atoms with Crippen LogP contribution in [0, 0.1) is 17.2 Å². The third kappa shape index (κ3) is 4.85. The molecule has 1 amide bonds. The van der Waals surface area contributed by atoms with Crippen LogP contribution in [0.15, 0.2) is 42.5 Å². The van der Waals surface area contributed by atoms with Crippen molar-refractivity contribution < 1.29 is 14.3 Å². The van der Waals surface area contributed by atoms with Crippen molar-refractivity contribution in [2.24, 2.45) is 5.92 Å². The molecular weight excluding hydrogens is 426 g/mol. The molecule has 1 spiro atoms. The number of ether oxygens (including phenoxy) is 2. The first kappa shape index (κ1) is 23.9. The minimum Gasteiger partial charge on any atom is -0.497 e. The summed E-state index contributed by atoms with van der Waals surface area (Å²) in [6, 6.07) is 15.6. The molecule has 2 aliphatic heterocycles. The van der Waals surface area contributed by atoms with E-state index in [2.05, 4.69) is 16.7 Å². The number of nitrogens with zero attached hydrogens (tertiary/aromatic N) is 1. The van der Waals surface area contributed by atoms with Gasteiger partial charge in [0.15, 0.2) is 0 Å². The van der Waals surface area contributed by atoms with Crippen LogP contribution in [0.1, 0.15) is 48.9 Å². The number of methoxy groups -OCH3 is 1. The summed E-state index contributed by atoms with van der Waals surface area (Å²) >= 11 is 0. The van der Waals surface area contributed by atoms with Crippen LogP contribution in [0.25, 0.3) is 0 Å². The highest BCUT2D eigenvalue weighted by atomic mass is 35.5. The lowest BCUT2D eigenvalue weighted by Gasteiger charge is -2.51. The number of carbonyl (C=O) groups is 1. The first-order valence-electron chi connectivity index (χ1n) is 10.9. The number of hydrogen-bond donors (Lipinski definition) is 2. The average Bonchev–Trinajstić information content (AvgIpc) is 2.79. The fourth-order valence-corrected chi connectivity index (χ4v) is 5.02. The number of carbonyl (C=O) groups excluding carboxylic acids is 1. The quantitative estimate of drug-likeness (QED) is 0.713. The van der Waals surface area contributed by atoms with Gasteiger partial charge in [-0.25, -0.2) is 0 Å². The largest absolute Gasteiger partial charge is 0.497 e. The topological polar surface area (TPSA) is 83.4 Å². The minimum absolute atomic E-state index is 0. The Labute approximate surface area is 195 Å². The van der Waals surface area contributed by atoms with Gasteiger partial charge in [0.1, 0.15) is 17.1 Å². The van der Waals surface area contributed by atoms with Crippen molar-refractivity contribution in [3.05, 3.63) is 59.2 Å². The summed E-state index contributed by atoms with van der Waals surface area (Å²) < 4.78 is 12.2. The lowest BCUT2D eigenvalue weighted by atomic mass is 9.69. The van der Waals surface area contributed by atoms with E-state index < -0.39 is 0 Å². The van der Waals surface area contributed by atoms with Gasteiger partial charge in [-0.05, 0) is 74.7 Å². The second kappa shape index (κ2) is 10.2. The maximum absolute atomic E-state index is 12.2. The summed E-state index contributed by atoms with van der Waals surface area (Å²) in [5, 5.41) is 15.7. The molecule has 2 aromatic carbocycles. The van der Waals surface area contributed by atoms with Crippen LogP contribution >= 0.6 is 12.4 Å². The molecule has 2 aliphatic rings. The number of fused-ring (bicyclic) bond motifs is 1. The smallest absolute Gasteiger partial charge is 0.217 e. The first-order valence-corrected chi connectivity index (χ1v) is 10.9. The van der Waals surface area contributed by atoms with Crippen molar-refractivity contribution in [3.63, 3.8) is 0 Å². The summed E-state index contributed by atoms with van der Waals surface area (Å²) in [5.41, 5.74) is 2.49. The third-order valence-corrected chi connectivity index (χ3v) is 6.58. The third-order valence-electron chi connectivity index (χ3n) is 6.58. The molecule has 2 atom stereocenters. The standard InChI is InChI=1S/C25H29N3O3.ClH/c1-17(29)28-24-21-15-20(30-2)8-10-23(21)31-25(11-13-27-14-12-25)22(24)9-7-18-3-5-19(16-26)6-4-18;/h3-6,8,10,15,22,24,27H,7,9,11-14H2,1-2H3,(H,28,29);1H. The highest BCUT2D eigenvalue weighted by molar-refractivity contribution is 5.85. The molecule has 0 saturated carbocycles. The Kier molecular flexibility index (Phi) is 7.65. The number of nitriles is 1. The van der Waals surface area contributed by atoms with Crippen LogP contribution in [0.5, 0.6) is 11.5 Å². The number of piperidine rings is 1. The zero-order chi connectivity index (χ0) is 21.8. The zero-order valence-electron chi connectivity index (χ0n) is 18.5. The van der Waals surface area contributed by atoms with Gasteiger partial charge in [0.2, 0.25) is 5.91 Å². The van der Waals surface area contributed by atoms with E-state index in [1.807, 2.05) is 42.5 Å².